The van der Waals surface area contributed by atoms with Crippen molar-refractivity contribution in [2.75, 3.05) is 0 Å². The molecule has 3 rings (SSSR count). The molecule has 2 aromatic carbocycles. The molecule has 39 heavy (non-hydrogen) atoms. The molecule has 10 heteroatoms. The summed E-state index contributed by atoms with van der Waals surface area (Å²) in [5, 5.41) is 11.1. The van der Waals surface area contributed by atoms with Crippen molar-refractivity contribution in [2.24, 2.45) is 17.8 Å². The van der Waals surface area contributed by atoms with E-state index in [4.69, 9.17) is 9.84 Å². The van der Waals surface area contributed by atoms with E-state index in [-0.39, 0.29) is 23.1 Å². The quantitative estimate of drug-likeness (QED) is 0.263. The molecular formula is C29H28F5NO4. The Morgan fingerprint density at radius 2 is 1.72 bits per heavy atom. The lowest BCUT2D eigenvalue weighted by Crippen LogP contribution is -2.32. The molecule has 0 radical (unpaired) electrons. The molecule has 0 heterocycles. The van der Waals surface area contributed by atoms with Crippen LogP contribution in [0.2, 0.25) is 0 Å². The minimum absolute atomic E-state index is 0.0439. The van der Waals surface area contributed by atoms with Crippen molar-refractivity contribution in [3.63, 3.8) is 0 Å². The topological polar surface area (TPSA) is 75.6 Å². The molecule has 0 bridgehead atoms. The number of nitrogens with one attached hydrogen (secondary N) is 1. The van der Waals surface area contributed by atoms with Crippen molar-refractivity contribution in [1.82, 2.24) is 5.32 Å². The number of allylic oxidation sites excluding steroid dienone is 1. The summed E-state index contributed by atoms with van der Waals surface area (Å²) in [4.78, 5) is 23.0. The zero-order chi connectivity index (χ0) is 28.9. The predicted octanol–water partition coefficient (Wildman–Crippen LogP) is 6.91. The predicted molar refractivity (Wildman–Crippen MR) is 135 cm³/mol. The molecule has 3 unspecified atom stereocenters. The van der Waals surface area contributed by atoms with Gasteiger partial charge in [-0.05, 0) is 41.5 Å². The van der Waals surface area contributed by atoms with E-state index in [9.17, 15) is 31.5 Å². The van der Waals surface area contributed by atoms with Crippen LogP contribution in [0.5, 0.6) is 5.75 Å². The average Bonchev–Trinajstić information content (AvgIpc) is 2.82. The Morgan fingerprint density at radius 1 is 1.10 bits per heavy atom. The maximum absolute atomic E-state index is 15.0. The van der Waals surface area contributed by atoms with Crippen molar-refractivity contribution >= 4 is 11.9 Å². The first-order chi connectivity index (χ1) is 18.3. The van der Waals surface area contributed by atoms with Gasteiger partial charge in [-0.25, -0.2) is 13.6 Å². The van der Waals surface area contributed by atoms with E-state index in [1.807, 2.05) is 19.9 Å². The molecule has 1 amide bonds. The Labute approximate surface area is 222 Å². The number of alkyl halides is 3. The van der Waals surface area contributed by atoms with Crippen LogP contribution in [-0.2, 0) is 15.8 Å². The van der Waals surface area contributed by atoms with Gasteiger partial charge in [0.1, 0.15) is 23.5 Å². The van der Waals surface area contributed by atoms with E-state index < -0.39 is 52.8 Å². The maximum atomic E-state index is 15.0. The van der Waals surface area contributed by atoms with Crippen LogP contribution in [0.15, 0.2) is 72.5 Å². The number of ether oxygens (including phenoxy) is 1. The highest BCUT2D eigenvalue weighted by Gasteiger charge is 2.31. The maximum Gasteiger partial charge on any atom is 0.416 e. The zero-order valence-electron chi connectivity index (χ0n) is 21.4. The van der Waals surface area contributed by atoms with Crippen LogP contribution in [0.4, 0.5) is 22.0 Å². The Hall–Kier alpha value is -3.95. The summed E-state index contributed by atoms with van der Waals surface area (Å²) in [7, 11) is 0. The van der Waals surface area contributed by atoms with Gasteiger partial charge in [0.05, 0.1) is 17.0 Å². The minimum Gasteiger partial charge on any atom is -0.486 e. The fourth-order valence-corrected chi connectivity index (χ4v) is 4.25. The molecule has 0 fully saturated rings. The third kappa shape index (κ3) is 7.78. The molecule has 0 saturated carbocycles. The van der Waals surface area contributed by atoms with Crippen LogP contribution < -0.4 is 10.1 Å². The monoisotopic (exact) mass is 549 g/mol. The van der Waals surface area contributed by atoms with E-state index in [2.05, 4.69) is 5.32 Å². The fourth-order valence-electron chi connectivity index (χ4n) is 4.25. The molecule has 0 saturated heterocycles. The summed E-state index contributed by atoms with van der Waals surface area (Å²) >= 11 is 0. The lowest BCUT2D eigenvalue weighted by Gasteiger charge is -2.28. The number of carboxylic acid groups (broad SMARTS) is 1. The second-order valence-electron chi connectivity index (χ2n) is 9.66. The minimum atomic E-state index is -4.57. The van der Waals surface area contributed by atoms with E-state index in [0.717, 1.165) is 48.7 Å². The molecule has 2 aromatic rings. The third-order valence-corrected chi connectivity index (χ3v) is 6.12. The largest absolute Gasteiger partial charge is 0.486 e. The van der Waals surface area contributed by atoms with Crippen LogP contribution in [0.3, 0.4) is 0 Å². The molecule has 0 aromatic heterocycles. The van der Waals surface area contributed by atoms with Crippen LogP contribution >= 0.6 is 0 Å². The van der Waals surface area contributed by atoms with Crippen LogP contribution in [0.1, 0.15) is 32.8 Å². The van der Waals surface area contributed by atoms with Gasteiger partial charge >= 0.3 is 12.1 Å². The number of hydrogen-bond donors (Lipinski definition) is 2. The number of amides is 1. The second kappa shape index (κ2) is 12.3. The van der Waals surface area contributed by atoms with E-state index in [0.29, 0.717) is 12.0 Å². The number of carbonyl (C=O) groups excluding carboxylic acids is 1. The Balaban J connectivity index is 1.81. The van der Waals surface area contributed by atoms with Crippen LogP contribution in [0, 0.1) is 29.4 Å². The van der Waals surface area contributed by atoms with Gasteiger partial charge in [-0.2, -0.15) is 13.2 Å². The molecular weight excluding hydrogens is 521 g/mol. The van der Waals surface area contributed by atoms with E-state index in [1.54, 1.807) is 19.1 Å². The van der Waals surface area contributed by atoms with Crippen molar-refractivity contribution < 1.29 is 41.4 Å². The lowest BCUT2D eigenvalue weighted by molar-refractivity contribution is -0.137. The number of rotatable bonds is 9. The second-order valence-corrected chi connectivity index (χ2v) is 9.66. The molecule has 3 atom stereocenters. The highest BCUT2D eigenvalue weighted by molar-refractivity contribution is 5.84. The van der Waals surface area contributed by atoms with Crippen molar-refractivity contribution in [2.45, 2.75) is 39.5 Å². The number of carbonyl (C=O) groups is 2. The third-order valence-electron chi connectivity index (χ3n) is 6.12. The van der Waals surface area contributed by atoms with Gasteiger partial charge in [-0.3, -0.25) is 4.79 Å². The number of aliphatic carboxylic acids is 1. The van der Waals surface area contributed by atoms with E-state index in [1.165, 1.54) is 0 Å². The van der Waals surface area contributed by atoms with Gasteiger partial charge in [0.25, 0.3) is 0 Å². The molecule has 2 N–H and O–H groups in total. The molecule has 0 spiro atoms. The summed E-state index contributed by atoms with van der Waals surface area (Å²) in [5.74, 6) is -4.35. The Kier molecular flexibility index (Phi) is 9.32. The van der Waals surface area contributed by atoms with Crippen molar-refractivity contribution in [3.8, 4) is 16.9 Å². The Bertz CT molecular complexity index is 1270. The molecule has 1 aliphatic rings. The van der Waals surface area contributed by atoms with Crippen LogP contribution in [0.25, 0.3) is 11.1 Å². The van der Waals surface area contributed by atoms with E-state index >= 15 is 0 Å². The summed E-state index contributed by atoms with van der Waals surface area (Å²) in [6, 6.07) is 5.52. The number of halogens is 5. The van der Waals surface area contributed by atoms with Gasteiger partial charge in [0.2, 0.25) is 5.91 Å². The molecule has 1 aliphatic carbocycles. The molecule has 5 nitrogen and oxygen atoms in total. The highest BCUT2D eigenvalue weighted by atomic mass is 19.4. The van der Waals surface area contributed by atoms with Gasteiger partial charge in [0.15, 0.2) is 0 Å². The number of benzene rings is 2. The first kappa shape index (κ1) is 29.6. The summed E-state index contributed by atoms with van der Waals surface area (Å²) < 4.78 is 74.5. The van der Waals surface area contributed by atoms with Crippen LogP contribution in [-0.4, -0.2) is 23.1 Å². The van der Waals surface area contributed by atoms with Gasteiger partial charge in [-0.1, -0.05) is 51.1 Å². The first-order valence-electron chi connectivity index (χ1n) is 12.2. The SMILES string of the molecule is CC(C)CC(Oc1cc(F)c(-c2ccc(C(F)(F)F)cc2)c(F)c1)C1=CC(C)C(C(=O)N/C=C/C(=O)O)C=C1. The average molecular weight is 550 g/mol. The molecule has 208 valence electrons. The highest BCUT2D eigenvalue weighted by Crippen LogP contribution is 2.35. The normalized spacial score (nSPS) is 18.2. The van der Waals surface area contributed by atoms with Gasteiger partial charge in [-0.15, -0.1) is 0 Å². The Morgan fingerprint density at radius 3 is 2.23 bits per heavy atom. The van der Waals surface area contributed by atoms with Gasteiger partial charge in [0, 0.05) is 24.4 Å². The fraction of sp³-hybridized carbons (Fsp3) is 0.310. The lowest BCUT2D eigenvalue weighted by atomic mass is 9.83. The van der Waals surface area contributed by atoms with Gasteiger partial charge < -0.3 is 15.2 Å². The van der Waals surface area contributed by atoms with Crippen molar-refractivity contribution in [1.29, 1.82) is 0 Å². The summed E-state index contributed by atoms with van der Waals surface area (Å²) in [6.45, 7) is 5.71. The summed E-state index contributed by atoms with van der Waals surface area (Å²) in [5.41, 5.74) is -0.734. The number of hydrogen-bond acceptors (Lipinski definition) is 3. The summed E-state index contributed by atoms with van der Waals surface area (Å²) in [6.07, 6.45) is 2.36. The first-order valence-corrected chi connectivity index (χ1v) is 12.2. The zero-order valence-corrected chi connectivity index (χ0v) is 21.4. The number of carboxylic acids is 1. The smallest absolute Gasteiger partial charge is 0.416 e. The standard InChI is InChI=1S/C29H28F5NO4/c1-16(2)12-25(19-6-9-22(17(3)13-19)28(38)35-11-10-26(36)37)39-21-14-23(30)27(24(31)15-21)18-4-7-20(8-5-18)29(32,33)34/h4-11,13-17,22,25H,12H2,1-3H3,(H,35,38)(H,36,37)/b11-10+. The molecule has 0 aliphatic heterocycles. The van der Waals surface area contributed by atoms with Crippen molar-refractivity contribution in [3.05, 3.63) is 89.7 Å².